The smallest absolute Gasteiger partial charge is 0.254 e. The van der Waals surface area contributed by atoms with Crippen molar-refractivity contribution < 1.29 is 4.79 Å². The highest BCUT2D eigenvalue weighted by Gasteiger charge is 2.23. The zero-order chi connectivity index (χ0) is 13.8. The van der Waals surface area contributed by atoms with Gasteiger partial charge in [-0.3, -0.25) is 4.79 Å². The lowest BCUT2D eigenvalue weighted by molar-refractivity contribution is 0.0706. The number of aryl methyl sites for hydroxylation is 1. The average molecular weight is 261 g/mol. The van der Waals surface area contributed by atoms with E-state index in [1.165, 1.54) is 19.3 Å². The van der Waals surface area contributed by atoms with E-state index < -0.39 is 0 Å². The van der Waals surface area contributed by atoms with E-state index >= 15 is 0 Å². The van der Waals surface area contributed by atoms with E-state index in [0.29, 0.717) is 17.3 Å². The normalized spacial score (nSPS) is 15.1. The molecule has 0 aromatic carbocycles. The highest BCUT2D eigenvalue weighted by molar-refractivity contribution is 5.95. The second-order valence-corrected chi connectivity index (χ2v) is 5.27. The summed E-state index contributed by atoms with van der Waals surface area (Å²) in [4.78, 5) is 18.7. The number of rotatable bonds is 5. The largest absolute Gasteiger partial charge is 0.384 e. The third-order valence-corrected chi connectivity index (χ3v) is 3.88. The summed E-state index contributed by atoms with van der Waals surface area (Å²) in [5, 5.41) is 0. The first-order valence-corrected chi connectivity index (χ1v) is 7.19. The van der Waals surface area contributed by atoms with Gasteiger partial charge in [-0.2, -0.15) is 0 Å². The zero-order valence-electron chi connectivity index (χ0n) is 11.9. The fourth-order valence-corrected chi connectivity index (χ4v) is 2.44. The van der Waals surface area contributed by atoms with Crippen LogP contribution in [0.5, 0.6) is 0 Å². The minimum atomic E-state index is 0.0817. The summed E-state index contributed by atoms with van der Waals surface area (Å²) >= 11 is 0. The van der Waals surface area contributed by atoms with Crippen LogP contribution in [0.2, 0.25) is 0 Å². The van der Waals surface area contributed by atoms with Crippen LogP contribution in [0.1, 0.15) is 49.2 Å². The maximum Gasteiger partial charge on any atom is 0.254 e. The van der Waals surface area contributed by atoms with Gasteiger partial charge in [0.2, 0.25) is 0 Å². The number of aromatic nitrogens is 1. The number of amides is 1. The van der Waals surface area contributed by atoms with Crippen molar-refractivity contribution >= 4 is 11.7 Å². The number of carbonyl (C=O) groups is 1. The van der Waals surface area contributed by atoms with Gasteiger partial charge in [-0.25, -0.2) is 4.98 Å². The number of nitrogens with two attached hydrogens (primary N) is 1. The summed E-state index contributed by atoms with van der Waals surface area (Å²) < 4.78 is 0. The molecule has 0 aliphatic heterocycles. The number of carbonyl (C=O) groups excluding carboxylic acids is 1. The predicted molar refractivity (Wildman–Crippen MR) is 76.9 cm³/mol. The molecule has 1 aromatic rings. The summed E-state index contributed by atoms with van der Waals surface area (Å²) in [6, 6.07) is 3.55. The van der Waals surface area contributed by atoms with Gasteiger partial charge in [0, 0.05) is 24.3 Å². The maximum absolute atomic E-state index is 12.5. The monoisotopic (exact) mass is 261 g/mol. The van der Waals surface area contributed by atoms with Crippen LogP contribution >= 0.6 is 0 Å². The number of hydrogen-bond acceptors (Lipinski definition) is 3. The Labute approximate surface area is 115 Å². The molecule has 0 saturated heterocycles. The van der Waals surface area contributed by atoms with E-state index in [0.717, 1.165) is 25.2 Å². The molecule has 2 rings (SSSR count). The second-order valence-electron chi connectivity index (χ2n) is 5.27. The third kappa shape index (κ3) is 3.25. The first-order valence-electron chi connectivity index (χ1n) is 7.19. The molecule has 4 nitrogen and oxygen atoms in total. The van der Waals surface area contributed by atoms with Crippen LogP contribution in [-0.4, -0.2) is 28.9 Å². The SMILES string of the molecule is CCc1cc(C(=O)N(CC)CC2CCC2)cc(N)n1. The molecule has 1 amide bonds. The molecule has 0 unspecified atom stereocenters. The van der Waals surface area contributed by atoms with E-state index in [-0.39, 0.29) is 5.91 Å². The highest BCUT2D eigenvalue weighted by Crippen LogP contribution is 2.27. The molecule has 1 aliphatic rings. The summed E-state index contributed by atoms with van der Waals surface area (Å²) in [5.41, 5.74) is 7.32. The highest BCUT2D eigenvalue weighted by atomic mass is 16.2. The van der Waals surface area contributed by atoms with E-state index in [9.17, 15) is 4.79 Å². The molecule has 1 saturated carbocycles. The number of nitrogen functional groups attached to an aromatic ring is 1. The lowest BCUT2D eigenvalue weighted by Gasteiger charge is -2.32. The van der Waals surface area contributed by atoms with Crippen molar-refractivity contribution in [1.82, 2.24) is 9.88 Å². The Hall–Kier alpha value is -1.58. The Morgan fingerprint density at radius 3 is 2.68 bits per heavy atom. The van der Waals surface area contributed by atoms with Gasteiger partial charge in [0.1, 0.15) is 5.82 Å². The van der Waals surface area contributed by atoms with Gasteiger partial charge in [0.15, 0.2) is 0 Å². The standard InChI is InChI=1S/C15H23N3O/c1-3-13-8-12(9-14(16)17-13)15(19)18(4-2)10-11-6-5-7-11/h8-9,11H,3-7,10H2,1-2H3,(H2,16,17). The molecule has 1 fully saturated rings. The number of nitrogens with zero attached hydrogens (tertiary/aromatic N) is 2. The van der Waals surface area contributed by atoms with Crippen LogP contribution in [-0.2, 0) is 6.42 Å². The molecule has 0 spiro atoms. The maximum atomic E-state index is 12.5. The molecule has 0 atom stereocenters. The molecule has 104 valence electrons. The summed E-state index contributed by atoms with van der Waals surface area (Å²) in [7, 11) is 0. The van der Waals surface area contributed by atoms with Gasteiger partial charge in [-0.15, -0.1) is 0 Å². The van der Waals surface area contributed by atoms with Crippen LogP contribution in [0.15, 0.2) is 12.1 Å². The Balaban J connectivity index is 2.13. The van der Waals surface area contributed by atoms with E-state index in [1.54, 1.807) is 6.07 Å². The minimum Gasteiger partial charge on any atom is -0.384 e. The lowest BCUT2D eigenvalue weighted by Crippen LogP contribution is -2.37. The fraction of sp³-hybridized carbons (Fsp3) is 0.600. The number of anilines is 1. The van der Waals surface area contributed by atoms with Crippen molar-refractivity contribution in [2.45, 2.75) is 39.5 Å². The van der Waals surface area contributed by atoms with Crippen molar-refractivity contribution in [2.24, 2.45) is 5.92 Å². The third-order valence-electron chi connectivity index (χ3n) is 3.88. The molecule has 1 heterocycles. The van der Waals surface area contributed by atoms with Crippen LogP contribution in [0.3, 0.4) is 0 Å². The molecule has 19 heavy (non-hydrogen) atoms. The Bertz CT molecular complexity index is 455. The Morgan fingerprint density at radius 2 is 2.16 bits per heavy atom. The average Bonchev–Trinajstić information content (AvgIpc) is 2.36. The van der Waals surface area contributed by atoms with Crippen LogP contribution < -0.4 is 5.73 Å². The van der Waals surface area contributed by atoms with Crippen LogP contribution in [0.25, 0.3) is 0 Å². The lowest BCUT2D eigenvalue weighted by atomic mass is 9.85. The summed E-state index contributed by atoms with van der Waals surface area (Å²) in [6.07, 6.45) is 4.60. The van der Waals surface area contributed by atoms with Crippen molar-refractivity contribution in [3.63, 3.8) is 0 Å². The Morgan fingerprint density at radius 1 is 1.42 bits per heavy atom. The van der Waals surface area contributed by atoms with E-state index in [1.807, 2.05) is 24.8 Å². The zero-order valence-corrected chi connectivity index (χ0v) is 11.9. The van der Waals surface area contributed by atoms with E-state index in [4.69, 9.17) is 5.73 Å². The molecule has 0 bridgehead atoms. The predicted octanol–water partition coefficient (Wildman–Crippen LogP) is 2.49. The summed E-state index contributed by atoms with van der Waals surface area (Å²) in [6.45, 7) is 5.67. The quantitative estimate of drug-likeness (QED) is 0.886. The van der Waals surface area contributed by atoms with Gasteiger partial charge < -0.3 is 10.6 Å². The van der Waals surface area contributed by atoms with Crippen LogP contribution in [0.4, 0.5) is 5.82 Å². The first-order chi connectivity index (χ1) is 9.13. The first kappa shape index (κ1) is 13.8. The van der Waals surface area contributed by atoms with Gasteiger partial charge in [-0.1, -0.05) is 13.3 Å². The number of hydrogen-bond donors (Lipinski definition) is 1. The molecule has 1 aliphatic carbocycles. The molecule has 1 aromatic heterocycles. The van der Waals surface area contributed by atoms with Gasteiger partial charge in [0.25, 0.3) is 5.91 Å². The van der Waals surface area contributed by atoms with Gasteiger partial charge >= 0.3 is 0 Å². The topological polar surface area (TPSA) is 59.2 Å². The van der Waals surface area contributed by atoms with Gasteiger partial charge in [-0.05, 0) is 44.2 Å². The fourth-order valence-electron chi connectivity index (χ4n) is 2.44. The molecular weight excluding hydrogens is 238 g/mol. The van der Waals surface area contributed by atoms with Crippen LogP contribution in [0, 0.1) is 5.92 Å². The van der Waals surface area contributed by atoms with Crippen molar-refractivity contribution in [1.29, 1.82) is 0 Å². The molecule has 2 N–H and O–H groups in total. The van der Waals surface area contributed by atoms with E-state index in [2.05, 4.69) is 4.98 Å². The summed E-state index contributed by atoms with van der Waals surface area (Å²) in [5.74, 6) is 1.20. The van der Waals surface area contributed by atoms with Gasteiger partial charge in [0.05, 0.1) is 0 Å². The number of pyridine rings is 1. The van der Waals surface area contributed by atoms with Crippen molar-refractivity contribution in [3.05, 3.63) is 23.4 Å². The molecular formula is C15H23N3O. The van der Waals surface area contributed by atoms with Crippen molar-refractivity contribution in [3.8, 4) is 0 Å². The Kier molecular flexibility index (Phi) is 4.40. The van der Waals surface area contributed by atoms with Crippen molar-refractivity contribution in [2.75, 3.05) is 18.8 Å². The molecule has 4 heteroatoms. The second kappa shape index (κ2) is 6.04. The minimum absolute atomic E-state index is 0.0817. The molecule has 0 radical (unpaired) electrons.